The van der Waals surface area contributed by atoms with Crippen molar-refractivity contribution in [2.75, 3.05) is 0 Å². The van der Waals surface area contributed by atoms with Crippen molar-refractivity contribution >= 4 is 0 Å². The lowest BCUT2D eigenvalue weighted by Gasteiger charge is -2.56. The highest BCUT2D eigenvalue weighted by Gasteiger charge is 2.75. The summed E-state index contributed by atoms with van der Waals surface area (Å²) < 4.78 is 5.16. The second-order valence-electron chi connectivity index (χ2n) is 11.2. The molecular weight excluding hydrogens is 460 g/mol. The van der Waals surface area contributed by atoms with E-state index < -0.39 is 0 Å². The van der Waals surface area contributed by atoms with Gasteiger partial charge in [0.2, 0.25) is 11.4 Å². The van der Waals surface area contributed by atoms with Crippen LogP contribution < -0.4 is 9.13 Å². The minimum Gasteiger partial charge on any atom is -0.194 e. The molecule has 2 aliphatic heterocycles. The Bertz CT molecular complexity index is 1750. The van der Waals surface area contributed by atoms with Crippen molar-refractivity contribution in [3.8, 4) is 33.6 Å². The maximum Gasteiger partial charge on any atom is 0.213 e. The molecule has 0 saturated heterocycles. The summed E-state index contributed by atoms with van der Waals surface area (Å²) in [5.74, 6) is 0.661. The monoisotopic (exact) mass is 490 g/mol. The first-order valence-corrected chi connectivity index (χ1v) is 13.6. The number of aryl methyl sites for hydroxylation is 1. The summed E-state index contributed by atoms with van der Waals surface area (Å²) in [6.45, 7) is 6.65. The van der Waals surface area contributed by atoms with Gasteiger partial charge in [-0.1, -0.05) is 66.7 Å². The molecule has 8 rings (SSSR count). The topological polar surface area (TPSA) is 7.76 Å². The van der Waals surface area contributed by atoms with Gasteiger partial charge in [0.1, 0.15) is 11.8 Å². The van der Waals surface area contributed by atoms with Crippen LogP contribution in [0.1, 0.15) is 28.7 Å². The fourth-order valence-corrected chi connectivity index (χ4v) is 7.84. The summed E-state index contributed by atoms with van der Waals surface area (Å²) in [4.78, 5) is 0. The minimum absolute atomic E-state index is 0.105. The van der Waals surface area contributed by atoms with Gasteiger partial charge in [-0.3, -0.25) is 0 Å². The first kappa shape index (κ1) is 21.8. The molecular formula is C36H30N2+2. The molecule has 0 radical (unpaired) electrons. The average Bonchev–Trinajstić information content (AvgIpc) is 2.96. The van der Waals surface area contributed by atoms with Crippen LogP contribution >= 0.6 is 0 Å². The normalized spacial score (nSPS) is 23.8. The van der Waals surface area contributed by atoms with E-state index in [-0.39, 0.29) is 5.54 Å². The fraction of sp³-hybridized carbons (Fsp3) is 0.167. The van der Waals surface area contributed by atoms with E-state index in [2.05, 4.69) is 144 Å². The Morgan fingerprint density at radius 2 is 1.61 bits per heavy atom. The zero-order valence-corrected chi connectivity index (χ0v) is 21.6. The number of allylic oxidation sites excluding steroid dienone is 1. The lowest BCUT2D eigenvalue weighted by atomic mass is 9.48. The van der Waals surface area contributed by atoms with Gasteiger partial charge in [0.05, 0.1) is 11.1 Å². The number of rotatable bonds is 2. The Balaban J connectivity index is 1.38. The molecule has 1 fully saturated rings. The third-order valence-corrected chi connectivity index (χ3v) is 9.37. The summed E-state index contributed by atoms with van der Waals surface area (Å²) in [7, 11) is 0. The number of nitrogens with zero attached hydrogens (tertiary/aromatic N) is 2. The highest BCUT2D eigenvalue weighted by atomic mass is 15.2. The van der Waals surface area contributed by atoms with Gasteiger partial charge in [-0.05, 0) is 53.4 Å². The number of hydrogen-bond donors (Lipinski definition) is 0. The number of benzene rings is 3. The van der Waals surface area contributed by atoms with E-state index in [1.54, 1.807) is 0 Å². The standard InChI is InChI=1S/C36H30N2/c1-3-31-35-34(29-14-8-7-13-28(29)32-15-9-10-20-37(32)35)36(31)22-27-18-17-26(25-11-5-4-6-12-25)21-30(27)33-19-16-24(2)23-38(33)36/h3-21,23,31,34-35H,1,22H2,2H3/q+2. The molecule has 2 heteroatoms. The van der Waals surface area contributed by atoms with Crippen LogP contribution in [0.25, 0.3) is 33.6 Å². The molecule has 4 atom stereocenters. The first-order valence-electron chi connectivity index (χ1n) is 13.6. The Morgan fingerprint density at radius 1 is 0.789 bits per heavy atom. The van der Waals surface area contributed by atoms with Crippen LogP contribution in [0.15, 0.2) is 128 Å². The van der Waals surface area contributed by atoms with Crippen molar-refractivity contribution in [2.24, 2.45) is 5.92 Å². The average molecular weight is 491 g/mol. The molecule has 3 aromatic carbocycles. The summed E-state index contributed by atoms with van der Waals surface area (Å²) in [6.07, 6.45) is 7.90. The largest absolute Gasteiger partial charge is 0.213 e. The Hall–Kier alpha value is -4.30. The van der Waals surface area contributed by atoms with E-state index in [1.807, 2.05) is 0 Å². The van der Waals surface area contributed by atoms with E-state index >= 15 is 0 Å². The highest BCUT2D eigenvalue weighted by Crippen LogP contribution is 2.64. The molecule has 0 N–H and O–H groups in total. The minimum atomic E-state index is -0.105. The fourth-order valence-electron chi connectivity index (χ4n) is 7.84. The van der Waals surface area contributed by atoms with Gasteiger partial charge in [0, 0.05) is 30.2 Å². The molecule has 2 nitrogen and oxygen atoms in total. The second kappa shape index (κ2) is 7.85. The maximum atomic E-state index is 4.43. The smallest absolute Gasteiger partial charge is 0.194 e. The summed E-state index contributed by atoms with van der Waals surface area (Å²) in [6, 6.07) is 38.4. The molecule has 1 aliphatic carbocycles. The van der Waals surface area contributed by atoms with E-state index in [0.29, 0.717) is 17.9 Å². The molecule has 182 valence electrons. The second-order valence-corrected chi connectivity index (χ2v) is 11.2. The zero-order chi connectivity index (χ0) is 25.4. The van der Waals surface area contributed by atoms with Crippen LogP contribution in [-0.4, -0.2) is 0 Å². The van der Waals surface area contributed by atoms with Crippen LogP contribution in [-0.2, 0) is 12.0 Å². The molecule has 2 aromatic heterocycles. The summed E-state index contributed by atoms with van der Waals surface area (Å²) in [5, 5.41) is 0. The molecule has 0 amide bonds. The van der Waals surface area contributed by atoms with Gasteiger partial charge in [0.25, 0.3) is 0 Å². The maximum absolute atomic E-state index is 4.43. The molecule has 4 heterocycles. The first-order chi connectivity index (χ1) is 18.7. The number of pyridine rings is 2. The van der Waals surface area contributed by atoms with E-state index in [1.165, 1.54) is 50.3 Å². The van der Waals surface area contributed by atoms with Crippen LogP contribution in [0, 0.1) is 12.8 Å². The number of aromatic nitrogens is 2. The summed E-state index contributed by atoms with van der Waals surface area (Å²) in [5.41, 5.74) is 11.9. The Labute approximate surface area is 224 Å². The molecule has 4 unspecified atom stereocenters. The predicted molar refractivity (Wildman–Crippen MR) is 151 cm³/mol. The molecule has 5 aromatic rings. The number of hydrogen-bond acceptors (Lipinski definition) is 0. The lowest BCUT2D eigenvalue weighted by Crippen LogP contribution is -2.80. The van der Waals surface area contributed by atoms with E-state index in [9.17, 15) is 0 Å². The van der Waals surface area contributed by atoms with Gasteiger partial charge >= 0.3 is 0 Å². The number of fused-ring (bicyclic) bond motifs is 11. The molecule has 3 aliphatic rings. The van der Waals surface area contributed by atoms with Crippen molar-refractivity contribution in [1.82, 2.24) is 0 Å². The Morgan fingerprint density at radius 3 is 2.47 bits per heavy atom. The third kappa shape index (κ3) is 2.73. The quantitative estimate of drug-likeness (QED) is 0.186. The molecule has 1 saturated carbocycles. The van der Waals surface area contributed by atoms with Crippen LogP contribution in [0.2, 0.25) is 0 Å². The highest BCUT2D eigenvalue weighted by molar-refractivity contribution is 5.74. The van der Waals surface area contributed by atoms with Crippen molar-refractivity contribution in [2.45, 2.75) is 30.8 Å². The molecule has 0 bridgehead atoms. The van der Waals surface area contributed by atoms with Crippen LogP contribution in [0.4, 0.5) is 0 Å². The van der Waals surface area contributed by atoms with Gasteiger partial charge in [-0.25, -0.2) is 0 Å². The predicted octanol–water partition coefficient (Wildman–Crippen LogP) is 6.98. The van der Waals surface area contributed by atoms with Crippen LogP contribution in [0.5, 0.6) is 0 Å². The van der Waals surface area contributed by atoms with Crippen molar-refractivity contribution < 1.29 is 9.13 Å². The van der Waals surface area contributed by atoms with Gasteiger partial charge < -0.3 is 0 Å². The zero-order valence-electron chi connectivity index (χ0n) is 21.6. The Kier molecular flexibility index (Phi) is 4.49. The van der Waals surface area contributed by atoms with Crippen molar-refractivity contribution in [3.63, 3.8) is 0 Å². The van der Waals surface area contributed by atoms with E-state index in [0.717, 1.165) is 6.42 Å². The van der Waals surface area contributed by atoms with E-state index in [4.69, 9.17) is 0 Å². The molecule has 1 spiro atoms. The van der Waals surface area contributed by atoms with Crippen LogP contribution in [0.3, 0.4) is 0 Å². The van der Waals surface area contributed by atoms with Crippen molar-refractivity contribution in [1.29, 1.82) is 0 Å². The SMILES string of the molecule is C=CC1C2C(c3ccccc3-c3cccc[n+]32)C12Cc1ccc(-c3ccccc3)cc1-c1ccc(C)c[n+]12. The third-order valence-electron chi connectivity index (χ3n) is 9.37. The van der Waals surface area contributed by atoms with Gasteiger partial charge in [0.15, 0.2) is 24.0 Å². The molecule has 38 heavy (non-hydrogen) atoms. The van der Waals surface area contributed by atoms with Crippen molar-refractivity contribution in [3.05, 3.63) is 145 Å². The summed E-state index contributed by atoms with van der Waals surface area (Å²) >= 11 is 0. The van der Waals surface area contributed by atoms with Gasteiger partial charge in [-0.2, -0.15) is 9.13 Å². The lowest BCUT2D eigenvalue weighted by molar-refractivity contribution is -0.837. The van der Waals surface area contributed by atoms with Gasteiger partial charge in [-0.15, -0.1) is 6.58 Å².